The molecule has 2 aromatic rings. The Morgan fingerprint density at radius 2 is 1.93 bits per heavy atom. The molecular formula is C20H22N4O4. The lowest BCUT2D eigenvalue weighted by atomic mass is 10.00. The Balaban J connectivity index is 1.54. The van der Waals surface area contributed by atoms with Gasteiger partial charge in [0.15, 0.2) is 0 Å². The van der Waals surface area contributed by atoms with Crippen LogP contribution in [0.2, 0.25) is 0 Å². The summed E-state index contributed by atoms with van der Waals surface area (Å²) in [5.74, 6) is 1.04. The number of carbonyl (C=O) groups excluding carboxylic acids is 2. The first-order valence-electron chi connectivity index (χ1n) is 9.04. The van der Waals surface area contributed by atoms with Crippen LogP contribution in [0, 0.1) is 0 Å². The third-order valence-electron chi connectivity index (χ3n) is 5.05. The van der Waals surface area contributed by atoms with Gasteiger partial charge < -0.3 is 14.8 Å². The van der Waals surface area contributed by atoms with Crippen LogP contribution in [0.25, 0.3) is 0 Å². The number of benzene rings is 2. The molecule has 3 N–H and O–H groups in total. The third-order valence-corrected chi connectivity index (χ3v) is 5.05. The van der Waals surface area contributed by atoms with Crippen molar-refractivity contribution in [2.45, 2.75) is 18.5 Å². The lowest BCUT2D eigenvalue weighted by Crippen LogP contribution is -2.50. The minimum Gasteiger partial charge on any atom is -0.497 e. The van der Waals surface area contributed by atoms with Crippen molar-refractivity contribution in [3.05, 3.63) is 48.0 Å². The highest BCUT2D eigenvalue weighted by atomic mass is 16.5. The van der Waals surface area contributed by atoms with Gasteiger partial charge in [0.2, 0.25) is 11.8 Å². The third kappa shape index (κ3) is 3.28. The number of rotatable bonds is 4. The van der Waals surface area contributed by atoms with Gasteiger partial charge in [-0.2, -0.15) is 0 Å². The van der Waals surface area contributed by atoms with Gasteiger partial charge >= 0.3 is 0 Å². The Morgan fingerprint density at radius 3 is 2.71 bits per heavy atom. The molecule has 2 amide bonds. The molecule has 2 unspecified atom stereocenters. The lowest BCUT2D eigenvalue weighted by molar-refractivity contribution is -0.123. The molecule has 2 atom stereocenters. The monoisotopic (exact) mass is 382 g/mol. The van der Waals surface area contributed by atoms with Crippen LogP contribution in [0.3, 0.4) is 0 Å². The van der Waals surface area contributed by atoms with Gasteiger partial charge in [0.05, 0.1) is 31.6 Å². The van der Waals surface area contributed by atoms with E-state index < -0.39 is 6.04 Å². The van der Waals surface area contributed by atoms with E-state index in [2.05, 4.69) is 16.2 Å². The number of hydrazine groups is 1. The molecule has 0 radical (unpaired) electrons. The zero-order valence-corrected chi connectivity index (χ0v) is 15.7. The van der Waals surface area contributed by atoms with E-state index in [-0.39, 0.29) is 24.4 Å². The Morgan fingerprint density at radius 1 is 1.11 bits per heavy atom. The van der Waals surface area contributed by atoms with Gasteiger partial charge in [0.25, 0.3) is 0 Å². The van der Waals surface area contributed by atoms with Crippen LogP contribution in [0.4, 0.5) is 11.4 Å². The number of methoxy groups -OCH3 is 2. The van der Waals surface area contributed by atoms with Crippen LogP contribution in [0.1, 0.15) is 18.0 Å². The first-order chi connectivity index (χ1) is 13.6. The van der Waals surface area contributed by atoms with Crippen LogP contribution >= 0.6 is 0 Å². The van der Waals surface area contributed by atoms with Crippen molar-refractivity contribution >= 4 is 23.2 Å². The smallest absolute Gasteiger partial charge is 0.246 e. The molecule has 8 nitrogen and oxygen atoms in total. The summed E-state index contributed by atoms with van der Waals surface area (Å²) in [6.07, 6.45) is 0.530. The Bertz CT molecular complexity index is 917. The number of nitrogens with zero attached hydrogens (tertiary/aromatic N) is 1. The Hall–Kier alpha value is -3.10. The van der Waals surface area contributed by atoms with Crippen molar-refractivity contribution in [2.75, 3.05) is 31.0 Å². The highest BCUT2D eigenvalue weighted by Crippen LogP contribution is 2.35. The number of ether oxygens (including phenoxy) is 2. The first kappa shape index (κ1) is 18.3. The molecule has 2 aliphatic rings. The van der Waals surface area contributed by atoms with E-state index in [1.165, 1.54) is 4.90 Å². The summed E-state index contributed by atoms with van der Waals surface area (Å²) in [4.78, 5) is 26.7. The van der Waals surface area contributed by atoms with E-state index >= 15 is 0 Å². The van der Waals surface area contributed by atoms with Gasteiger partial charge in [-0.25, -0.2) is 10.9 Å². The molecule has 4 rings (SSSR count). The van der Waals surface area contributed by atoms with E-state index in [1.807, 2.05) is 36.4 Å². The number of hydrogen-bond donors (Lipinski definition) is 3. The fourth-order valence-corrected chi connectivity index (χ4v) is 3.65. The highest BCUT2D eigenvalue weighted by molar-refractivity contribution is 6.11. The predicted molar refractivity (Wildman–Crippen MR) is 104 cm³/mol. The first-order valence-corrected chi connectivity index (χ1v) is 9.04. The van der Waals surface area contributed by atoms with Gasteiger partial charge in [-0.3, -0.25) is 14.5 Å². The van der Waals surface area contributed by atoms with Crippen LogP contribution < -0.4 is 30.5 Å². The maximum absolute atomic E-state index is 13.1. The normalized spacial score (nSPS) is 21.1. The summed E-state index contributed by atoms with van der Waals surface area (Å²) in [6, 6.07) is 12.3. The number of hydrogen-bond acceptors (Lipinski definition) is 6. The molecule has 0 spiro atoms. The summed E-state index contributed by atoms with van der Waals surface area (Å²) in [7, 11) is 3.21. The SMILES string of the molecule is COc1ccc(C2CC(C(=O)N3CC(=O)Nc4ccccc43)NN2)c(OC)c1. The van der Waals surface area contributed by atoms with Crippen molar-refractivity contribution in [2.24, 2.45) is 0 Å². The average Bonchev–Trinajstić information content (AvgIpc) is 3.22. The van der Waals surface area contributed by atoms with E-state index in [0.717, 1.165) is 5.56 Å². The topological polar surface area (TPSA) is 91.9 Å². The summed E-state index contributed by atoms with van der Waals surface area (Å²) in [5, 5.41) is 2.80. The maximum Gasteiger partial charge on any atom is 0.246 e. The predicted octanol–water partition coefficient (Wildman–Crippen LogP) is 1.60. The summed E-state index contributed by atoms with van der Waals surface area (Å²) >= 11 is 0. The van der Waals surface area contributed by atoms with Crippen molar-refractivity contribution in [1.29, 1.82) is 0 Å². The zero-order valence-electron chi connectivity index (χ0n) is 15.7. The van der Waals surface area contributed by atoms with Crippen molar-refractivity contribution in [3.63, 3.8) is 0 Å². The molecule has 2 aliphatic heterocycles. The molecule has 28 heavy (non-hydrogen) atoms. The van der Waals surface area contributed by atoms with E-state index in [0.29, 0.717) is 29.3 Å². The van der Waals surface area contributed by atoms with Crippen molar-refractivity contribution in [3.8, 4) is 11.5 Å². The molecule has 1 fully saturated rings. The second-order valence-corrected chi connectivity index (χ2v) is 6.73. The van der Waals surface area contributed by atoms with Crippen molar-refractivity contribution < 1.29 is 19.1 Å². The van der Waals surface area contributed by atoms with Gasteiger partial charge in [-0.05, 0) is 24.6 Å². The summed E-state index contributed by atoms with van der Waals surface area (Å²) in [5.41, 5.74) is 8.53. The number of carbonyl (C=O) groups is 2. The quantitative estimate of drug-likeness (QED) is 0.744. The van der Waals surface area contributed by atoms with Gasteiger partial charge in [-0.15, -0.1) is 0 Å². The van der Waals surface area contributed by atoms with E-state index in [1.54, 1.807) is 20.3 Å². The molecular weight excluding hydrogens is 360 g/mol. The minimum absolute atomic E-state index is 0.00451. The lowest BCUT2D eigenvalue weighted by Gasteiger charge is -2.30. The van der Waals surface area contributed by atoms with Gasteiger partial charge in [0.1, 0.15) is 24.1 Å². The van der Waals surface area contributed by atoms with Crippen LogP contribution in [0.15, 0.2) is 42.5 Å². The second kappa shape index (κ2) is 7.49. The molecule has 0 saturated carbocycles. The molecule has 1 saturated heterocycles. The van der Waals surface area contributed by atoms with Crippen LogP contribution in [-0.2, 0) is 9.59 Å². The molecule has 0 aliphatic carbocycles. The Kier molecular flexibility index (Phi) is 4.89. The maximum atomic E-state index is 13.1. The van der Waals surface area contributed by atoms with Crippen molar-refractivity contribution in [1.82, 2.24) is 10.9 Å². The fraction of sp³-hybridized carbons (Fsp3) is 0.300. The van der Waals surface area contributed by atoms with Gasteiger partial charge in [0, 0.05) is 11.6 Å². The average molecular weight is 382 g/mol. The molecule has 2 aromatic carbocycles. The fourth-order valence-electron chi connectivity index (χ4n) is 3.65. The van der Waals surface area contributed by atoms with Crippen LogP contribution in [-0.4, -0.2) is 38.6 Å². The number of para-hydroxylation sites is 2. The standard InChI is InChI=1S/C20H22N4O4/c1-27-12-7-8-13(18(9-12)28-2)15-10-16(23-22-15)20(26)24-11-19(25)21-14-5-3-4-6-17(14)24/h3-9,15-16,22-23H,10-11H2,1-2H3,(H,21,25). The number of nitrogens with one attached hydrogen (secondary N) is 3. The number of fused-ring (bicyclic) bond motifs is 1. The summed E-state index contributed by atoms with van der Waals surface area (Å²) in [6.45, 7) is 0.00451. The van der Waals surface area contributed by atoms with E-state index in [9.17, 15) is 9.59 Å². The highest BCUT2D eigenvalue weighted by Gasteiger charge is 2.37. The summed E-state index contributed by atoms with van der Waals surface area (Å²) < 4.78 is 10.7. The number of amides is 2. The Labute approximate surface area is 162 Å². The largest absolute Gasteiger partial charge is 0.497 e. The van der Waals surface area contributed by atoms with E-state index in [4.69, 9.17) is 9.47 Å². The molecule has 0 bridgehead atoms. The molecule has 0 aromatic heterocycles. The molecule has 2 heterocycles. The number of anilines is 2. The second-order valence-electron chi connectivity index (χ2n) is 6.73. The van der Waals surface area contributed by atoms with Crippen LogP contribution in [0.5, 0.6) is 11.5 Å². The van der Waals surface area contributed by atoms with Gasteiger partial charge in [-0.1, -0.05) is 18.2 Å². The minimum atomic E-state index is -0.462. The molecule has 8 heteroatoms. The zero-order chi connectivity index (χ0) is 19.7. The molecule has 146 valence electrons.